The number of benzene rings is 1. The van der Waals surface area contributed by atoms with E-state index in [0.717, 1.165) is 0 Å². The first-order valence-electron chi connectivity index (χ1n) is 6.63. The van der Waals surface area contributed by atoms with Crippen molar-refractivity contribution < 1.29 is 14.5 Å². The Hall–Kier alpha value is -2.40. The summed E-state index contributed by atoms with van der Waals surface area (Å²) in [6, 6.07) is 4.54. The van der Waals surface area contributed by atoms with Gasteiger partial charge in [0, 0.05) is 11.6 Å². The maximum Gasteiger partial charge on any atom is 0.333 e. The van der Waals surface area contributed by atoms with Crippen molar-refractivity contribution in [3.63, 3.8) is 0 Å². The highest BCUT2D eigenvalue weighted by atomic mass is 35.5. The SMILES string of the molecule is COC(=O)/C1=C/C=C(c2c(Cl)cccc2[N+](=O)[O-])\C=C/CC1. The molecule has 0 aromatic heterocycles. The van der Waals surface area contributed by atoms with Gasteiger partial charge in [-0.1, -0.05) is 42.0 Å². The van der Waals surface area contributed by atoms with Crippen molar-refractivity contribution in [2.24, 2.45) is 0 Å². The fourth-order valence-electron chi connectivity index (χ4n) is 2.20. The molecular formula is C16H14ClNO4. The van der Waals surface area contributed by atoms with Crippen molar-refractivity contribution in [3.05, 3.63) is 68.8 Å². The van der Waals surface area contributed by atoms with Crippen LogP contribution in [-0.4, -0.2) is 18.0 Å². The van der Waals surface area contributed by atoms with Crippen molar-refractivity contribution in [1.29, 1.82) is 0 Å². The molecule has 0 heterocycles. The van der Waals surface area contributed by atoms with E-state index in [1.807, 2.05) is 6.08 Å². The van der Waals surface area contributed by atoms with Crippen molar-refractivity contribution in [2.45, 2.75) is 12.8 Å². The molecule has 0 unspecified atom stereocenters. The maximum absolute atomic E-state index is 11.6. The Balaban J connectivity index is 2.55. The monoisotopic (exact) mass is 319 g/mol. The number of ether oxygens (including phenoxy) is 1. The fourth-order valence-corrected chi connectivity index (χ4v) is 2.48. The van der Waals surface area contributed by atoms with E-state index in [2.05, 4.69) is 0 Å². The summed E-state index contributed by atoms with van der Waals surface area (Å²) in [5.41, 5.74) is 1.36. The predicted molar refractivity (Wildman–Crippen MR) is 84.6 cm³/mol. The van der Waals surface area contributed by atoms with Gasteiger partial charge in [0.05, 0.1) is 22.6 Å². The lowest BCUT2D eigenvalue weighted by Gasteiger charge is -2.09. The Morgan fingerprint density at radius 1 is 1.36 bits per heavy atom. The second-order valence-corrected chi connectivity index (χ2v) is 5.04. The van der Waals surface area contributed by atoms with Gasteiger partial charge in [-0.05, 0) is 24.5 Å². The number of nitro groups is 1. The molecule has 0 fully saturated rings. The number of allylic oxidation sites excluding steroid dienone is 5. The average molecular weight is 320 g/mol. The topological polar surface area (TPSA) is 69.4 Å². The lowest BCUT2D eigenvalue weighted by atomic mass is 9.98. The summed E-state index contributed by atoms with van der Waals surface area (Å²) in [7, 11) is 1.32. The molecular weight excluding hydrogens is 306 g/mol. The highest BCUT2D eigenvalue weighted by molar-refractivity contribution is 6.33. The maximum atomic E-state index is 11.6. The smallest absolute Gasteiger partial charge is 0.333 e. The second kappa shape index (κ2) is 7.04. The van der Waals surface area contributed by atoms with Crippen molar-refractivity contribution in [3.8, 4) is 0 Å². The molecule has 1 aromatic carbocycles. The number of esters is 1. The van der Waals surface area contributed by atoms with Gasteiger partial charge >= 0.3 is 5.97 Å². The highest BCUT2D eigenvalue weighted by Crippen LogP contribution is 2.34. The molecule has 5 nitrogen and oxygen atoms in total. The van der Waals surface area contributed by atoms with Crippen LogP contribution in [0.2, 0.25) is 5.02 Å². The van der Waals surface area contributed by atoms with Gasteiger partial charge in [0.15, 0.2) is 0 Å². The van der Waals surface area contributed by atoms with Crippen LogP contribution < -0.4 is 0 Å². The van der Waals surface area contributed by atoms with Crippen LogP contribution in [0.1, 0.15) is 18.4 Å². The van der Waals surface area contributed by atoms with Gasteiger partial charge in [0.1, 0.15) is 0 Å². The third-order valence-electron chi connectivity index (χ3n) is 3.27. The van der Waals surface area contributed by atoms with Crippen molar-refractivity contribution in [2.75, 3.05) is 7.11 Å². The highest BCUT2D eigenvalue weighted by Gasteiger charge is 2.19. The number of carbonyl (C=O) groups excluding carboxylic acids is 1. The van der Waals surface area contributed by atoms with E-state index in [1.54, 1.807) is 24.3 Å². The second-order valence-electron chi connectivity index (χ2n) is 4.64. The Kier molecular flexibility index (Phi) is 5.12. The molecule has 114 valence electrons. The summed E-state index contributed by atoms with van der Waals surface area (Å²) < 4.78 is 4.72. The summed E-state index contributed by atoms with van der Waals surface area (Å²) in [4.78, 5) is 22.4. The Morgan fingerprint density at radius 3 is 2.82 bits per heavy atom. The molecule has 1 aliphatic rings. The number of halogens is 1. The Bertz CT molecular complexity index is 704. The van der Waals surface area contributed by atoms with E-state index in [9.17, 15) is 14.9 Å². The van der Waals surface area contributed by atoms with Gasteiger partial charge in [0.2, 0.25) is 0 Å². The van der Waals surface area contributed by atoms with Gasteiger partial charge in [-0.3, -0.25) is 10.1 Å². The van der Waals surface area contributed by atoms with Crippen LogP contribution in [0.5, 0.6) is 0 Å². The molecule has 1 aliphatic carbocycles. The molecule has 0 aliphatic heterocycles. The summed E-state index contributed by atoms with van der Waals surface area (Å²) in [5, 5.41) is 11.5. The minimum absolute atomic E-state index is 0.0722. The number of hydrogen-bond donors (Lipinski definition) is 0. The largest absolute Gasteiger partial charge is 0.466 e. The van der Waals surface area contributed by atoms with Gasteiger partial charge in [-0.15, -0.1) is 0 Å². The van der Waals surface area contributed by atoms with Crippen LogP contribution in [0.25, 0.3) is 5.57 Å². The predicted octanol–water partition coefficient (Wildman–Crippen LogP) is 4.08. The zero-order valence-corrected chi connectivity index (χ0v) is 12.7. The van der Waals surface area contributed by atoms with Crippen LogP contribution in [0.4, 0.5) is 5.69 Å². The van der Waals surface area contributed by atoms with Crippen molar-refractivity contribution >= 4 is 28.8 Å². The van der Waals surface area contributed by atoms with Crippen LogP contribution >= 0.6 is 11.6 Å². The molecule has 0 atom stereocenters. The summed E-state index contributed by atoms with van der Waals surface area (Å²) in [5.74, 6) is -0.403. The zero-order chi connectivity index (χ0) is 16.1. The lowest BCUT2D eigenvalue weighted by molar-refractivity contribution is -0.385. The minimum Gasteiger partial charge on any atom is -0.466 e. The molecule has 1 aromatic rings. The first-order valence-corrected chi connectivity index (χ1v) is 7.01. The number of carbonyl (C=O) groups is 1. The van der Waals surface area contributed by atoms with Crippen LogP contribution in [-0.2, 0) is 9.53 Å². The summed E-state index contributed by atoms with van der Waals surface area (Å²) >= 11 is 6.14. The summed E-state index contributed by atoms with van der Waals surface area (Å²) in [6.07, 6.45) is 8.09. The zero-order valence-electron chi connectivity index (χ0n) is 11.9. The molecule has 0 spiro atoms. The van der Waals surface area contributed by atoms with Crippen LogP contribution in [0, 0.1) is 10.1 Å². The van der Waals surface area contributed by atoms with Crippen molar-refractivity contribution in [1.82, 2.24) is 0 Å². The average Bonchev–Trinajstić information content (AvgIpc) is 2.47. The quantitative estimate of drug-likeness (QED) is 0.478. The third-order valence-corrected chi connectivity index (χ3v) is 3.58. The molecule has 2 rings (SSSR count). The molecule has 0 saturated carbocycles. The molecule has 0 bridgehead atoms. The normalized spacial score (nSPS) is 20.6. The Morgan fingerprint density at radius 2 is 2.14 bits per heavy atom. The number of methoxy groups -OCH3 is 1. The molecule has 6 heteroatoms. The van der Waals surface area contributed by atoms with E-state index < -0.39 is 10.9 Å². The number of rotatable bonds is 3. The van der Waals surface area contributed by atoms with E-state index in [1.165, 1.54) is 19.2 Å². The van der Waals surface area contributed by atoms with Crippen LogP contribution in [0.3, 0.4) is 0 Å². The van der Waals surface area contributed by atoms with Gasteiger partial charge in [-0.25, -0.2) is 4.79 Å². The van der Waals surface area contributed by atoms with E-state index in [4.69, 9.17) is 16.3 Å². The fraction of sp³-hybridized carbons (Fsp3) is 0.188. The Labute approximate surface area is 132 Å². The minimum atomic E-state index is -0.473. The van der Waals surface area contributed by atoms with Crippen LogP contribution in [0.15, 0.2) is 48.1 Å². The molecule has 0 saturated heterocycles. The van der Waals surface area contributed by atoms with E-state index >= 15 is 0 Å². The third kappa shape index (κ3) is 3.43. The summed E-state index contributed by atoms with van der Waals surface area (Å²) in [6.45, 7) is 0. The van der Waals surface area contributed by atoms with Gasteiger partial charge in [-0.2, -0.15) is 0 Å². The standard InChI is InChI=1S/C16H14ClNO4/c1-22-16(19)12-6-3-2-5-11(9-10-12)15-13(17)7-4-8-14(15)18(20)21/h2,4-5,7-10H,3,6H2,1H3/b5-2-,11-9+,12-10+. The number of hydrogen-bond acceptors (Lipinski definition) is 4. The van der Waals surface area contributed by atoms with Gasteiger partial charge in [0.25, 0.3) is 5.69 Å². The molecule has 0 radical (unpaired) electrons. The number of nitro benzene ring substituents is 1. The first kappa shape index (κ1) is 16.0. The molecule has 0 amide bonds. The molecule has 22 heavy (non-hydrogen) atoms. The van der Waals surface area contributed by atoms with Gasteiger partial charge < -0.3 is 4.74 Å². The molecule has 0 N–H and O–H groups in total. The van der Waals surface area contributed by atoms with E-state index in [-0.39, 0.29) is 5.69 Å². The number of nitrogens with zero attached hydrogens (tertiary/aromatic N) is 1. The first-order chi connectivity index (χ1) is 10.5. The lowest BCUT2D eigenvalue weighted by Crippen LogP contribution is -2.05. The van der Waals surface area contributed by atoms with E-state index in [0.29, 0.717) is 34.6 Å².